The maximum absolute atomic E-state index is 12.1. The van der Waals surface area contributed by atoms with E-state index in [2.05, 4.69) is 4.98 Å². The molecule has 6 nitrogen and oxygen atoms in total. The van der Waals surface area contributed by atoms with Gasteiger partial charge in [0.15, 0.2) is 4.96 Å². The molecule has 1 fully saturated rings. The van der Waals surface area contributed by atoms with Gasteiger partial charge in [-0.05, 0) is 0 Å². The minimum absolute atomic E-state index is 0.152. The molecule has 0 bridgehead atoms. The lowest BCUT2D eigenvalue weighted by Crippen LogP contribution is -2.42. The van der Waals surface area contributed by atoms with Crippen LogP contribution >= 0.6 is 23.1 Å². The van der Waals surface area contributed by atoms with Crippen LogP contribution in [0, 0.1) is 0 Å². The van der Waals surface area contributed by atoms with E-state index in [1.807, 2.05) is 22.2 Å². The van der Waals surface area contributed by atoms with Crippen molar-refractivity contribution in [2.75, 3.05) is 11.6 Å². The third-order valence-electron chi connectivity index (χ3n) is 2.96. The Labute approximate surface area is 117 Å². The van der Waals surface area contributed by atoms with Crippen molar-refractivity contribution < 1.29 is 14.7 Å². The van der Waals surface area contributed by atoms with Gasteiger partial charge in [-0.2, -0.15) is 0 Å². The summed E-state index contributed by atoms with van der Waals surface area (Å²) in [6.45, 7) is 0. The predicted molar refractivity (Wildman–Crippen MR) is 72.4 cm³/mol. The van der Waals surface area contributed by atoms with E-state index >= 15 is 0 Å². The molecular formula is C11H11N3O3S2. The zero-order valence-electron chi connectivity index (χ0n) is 9.85. The third kappa shape index (κ3) is 2.33. The largest absolute Gasteiger partial charge is 0.480 e. The molecule has 3 heterocycles. The number of carbonyl (C=O) groups is 2. The first-order chi connectivity index (χ1) is 9.15. The maximum Gasteiger partial charge on any atom is 0.327 e. The Morgan fingerprint density at radius 1 is 1.53 bits per heavy atom. The molecule has 1 aliphatic rings. The zero-order chi connectivity index (χ0) is 13.4. The smallest absolute Gasteiger partial charge is 0.327 e. The molecular weight excluding hydrogens is 286 g/mol. The van der Waals surface area contributed by atoms with E-state index in [4.69, 9.17) is 5.11 Å². The second-order valence-electron chi connectivity index (χ2n) is 4.22. The van der Waals surface area contributed by atoms with Gasteiger partial charge in [0.25, 0.3) is 0 Å². The van der Waals surface area contributed by atoms with Gasteiger partial charge < -0.3 is 10.0 Å². The highest BCUT2D eigenvalue weighted by molar-refractivity contribution is 7.99. The second-order valence-corrected chi connectivity index (χ2v) is 6.09. The van der Waals surface area contributed by atoms with E-state index in [0.717, 1.165) is 4.96 Å². The Balaban J connectivity index is 1.74. The lowest BCUT2D eigenvalue weighted by molar-refractivity contribution is -0.147. The summed E-state index contributed by atoms with van der Waals surface area (Å²) in [6.07, 6.45) is 3.84. The summed E-state index contributed by atoms with van der Waals surface area (Å²) in [7, 11) is 0. The standard InChI is InChI=1S/C11H11N3O3S2/c15-9(14-6-18-5-8(14)10(16)17)3-7-4-13-1-2-19-11(13)12-7/h1-2,4,8H,3,5-6H2,(H,16,17)/t8-/m0/s1. The summed E-state index contributed by atoms with van der Waals surface area (Å²) in [4.78, 5) is 29.8. The molecule has 0 unspecified atom stereocenters. The van der Waals surface area contributed by atoms with Crippen LogP contribution in [0.3, 0.4) is 0 Å². The lowest BCUT2D eigenvalue weighted by atomic mass is 10.2. The number of rotatable bonds is 3. The van der Waals surface area contributed by atoms with Crippen LogP contribution in [0.15, 0.2) is 17.8 Å². The molecule has 1 N–H and O–H groups in total. The molecule has 1 amide bonds. The van der Waals surface area contributed by atoms with E-state index in [1.165, 1.54) is 28.0 Å². The fourth-order valence-corrected chi connectivity index (χ4v) is 3.90. The van der Waals surface area contributed by atoms with Gasteiger partial charge in [-0.25, -0.2) is 9.78 Å². The van der Waals surface area contributed by atoms with Gasteiger partial charge in [-0.15, -0.1) is 23.1 Å². The molecule has 0 spiro atoms. The summed E-state index contributed by atoms with van der Waals surface area (Å²) >= 11 is 2.97. The van der Waals surface area contributed by atoms with Crippen molar-refractivity contribution in [3.8, 4) is 0 Å². The van der Waals surface area contributed by atoms with Gasteiger partial charge in [0, 0.05) is 23.5 Å². The third-order valence-corrected chi connectivity index (χ3v) is 4.75. The lowest BCUT2D eigenvalue weighted by Gasteiger charge is -2.19. The van der Waals surface area contributed by atoms with E-state index in [0.29, 0.717) is 17.3 Å². The fourth-order valence-electron chi connectivity index (χ4n) is 2.01. The van der Waals surface area contributed by atoms with Crippen LogP contribution in [0.2, 0.25) is 0 Å². The molecule has 2 aromatic rings. The number of carboxylic acids is 1. The maximum atomic E-state index is 12.1. The highest BCUT2D eigenvalue weighted by Crippen LogP contribution is 2.22. The molecule has 0 radical (unpaired) electrons. The number of aliphatic carboxylic acids is 1. The number of thiazole rings is 1. The molecule has 0 aromatic carbocycles. The number of imidazole rings is 1. The highest BCUT2D eigenvalue weighted by atomic mass is 32.2. The van der Waals surface area contributed by atoms with Gasteiger partial charge >= 0.3 is 5.97 Å². The summed E-state index contributed by atoms with van der Waals surface area (Å²) in [5.74, 6) is -0.218. The summed E-state index contributed by atoms with van der Waals surface area (Å²) in [5, 5.41) is 11.0. The quantitative estimate of drug-likeness (QED) is 0.912. The molecule has 19 heavy (non-hydrogen) atoms. The molecule has 1 atom stereocenters. The first-order valence-electron chi connectivity index (χ1n) is 5.66. The second kappa shape index (κ2) is 4.86. The number of hydrogen-bond acceptors (Lipinski definition) is 5. The molecule has 1 aliphatic heterocycles. The van der Waals surface area contributed by atoms with Crippen molar-refractivity contribution >= 4 is 39.9 Å². The molecule has 100 valence electrons. The minimum atomic E-state index is -0.941. The fraction of sp³-hybridized carbons (Fsp3) is 0.364. The first-order valence-corrected chi connectivity index (χ1v) is 7.69. The summed E-state index contributed by atoms with van der Waals surface area (Å²) in [6, 6.07) is -0.707. The molecule has 0 saturated carbocycles. The normalized spacial score (nSPS) is 19.2. The summed E-state index contributed by atoms with van der Waals surface area (Å²) < 4.78 is 1.86. The van der Waals surface area contributed by atoms with E-state index < -0.39 is 12.0 Å². The summed E-state index contributed by atoms with van der Waals surface area (Å²) in [5.41, 5.74) is 0.679. The average Bonchev–Trinajstić information content (AvgIpc) is 3.01. The van der Waals surface area contributed by atoms with Crippen LogP contribution in [0.5, 0.6) is 0 Å². The van der Waals surface area contributed by atoms with Crippen molar-refractivity contribution in [2.24, 2.45) is 0 Å². The molecule has 1 saturated heterocycles. The van der Waals surface area contributed by atoms with Gasteiger partial charge in [-0.3, -0.25) is 9.20 Å². The van der Waals surface area contributed by atoms with Crippen LogP contribution in [0.4, 0.5) is 0 Å². The number of carboxylic acid groups (broad SMARTS) is 1. The van der Waals surface area contributed by atoms with Gasteiger partial charge in [0.1, 0.15) is 6.04 Å². The topological polar surface area (TPSA) is 74.9 Å². The molecule has 2 aromatic heterocycles. The number of aromatic nitrogens is 2. The van der Waals surface area contributed by atoms with Crippen molar-refractivity contribution in [3.05, 3.63) is 23.5 Å². The highest BCUT2D eigenvalue weighted by Gasteiger charge is 2.34. The number of amides is 1. The van der Waals surface area contributed by atoms with Crippen LogP contribution in [0.25, 0.3) is 4.96 Å². The number of fused-ring (bicyclic) bond motifs is 1. The number of nitrogens with zero attached hydrogens (tertiary/aromatic N) is 3. The number of thioether (sulfide) groups is 1. The van der Waals surface area contributed by atoms with Crippen molar-refractivity contribution in [1.29, 1.82) is 0 Å². The minimum Gasteiger partial charge on any atom is -0.480 e. The van der Waals surface area contributed by atoms with Crippen LogP contribution in [-0.4, -0.2) is 48.9 Å². The Bertz CT molecular complexity index is 607. The Morgan fingerprint density at radius 2 is 2.37 bits per heavy atom. The van der Waals surface area contributed by atoms with Gasteiger partial charge in [0.05, 0.1) is 18.0 Å². The Hall–Kier alpha value is -1.54. The first kappa shape index (κ1) is 12.5. The van der Waals surface area contributed by atoms with Crippen molar-refractivity contribution in [3.63, 3.8) is 0 Å². The number of carbonyl (C=O) groups excluding carboxylic acids is 1. The Morgan fingerprint density at radius 3 is 3.11 bits per heavy atom. The zero-order valence-corrected chi connectivity index (χ0v) is 11.5. The van der Waals surface area contributed by atoms with E-state index in [-0.39, 0.29) is 12.3 Å². The van der Waals surface area contributed by atoms with Crippen LogP contribution in [-0.2, 0) is 16.0 Å². The van der Waals surface area contributed by atoms with Gasteiger partial charge in [0.2, 0.25) is 5.91 Å². The van der Waals surface area contributed by atoms with Gasteiger partial charge in [-0.1, -0.05) is 0 Å². The Kier molecular flexibility index (Phi) is 3.19. The van der Waals surface area contributed by atoms with Crippen molar-refractivity contribution in [1.82, 2.24) is 14.3 Å². The monoisotopic (exact) mass is 297 g/mol. The van der Waals surface area contributed by atoms with Crippen LogP contribution < -0.4 is 0 Å². The predicted octanol–water partition coefficient (Wildman–Crippen LogP) is 0.924. The van der Waals surface area contributed by atoms with E-state index in [1.54, 1.807) is 0 Å². The molecule has 0 aliphatic carbocycles. The molecule has 3 rings (SSSR count). The van der Waals surface area contributed by atoms with Crippen molar-refractivity contribution in [2.45, 2.75) is 12.5 Å². The number of hydrogen-bond donors (Lipinski definition) is 1. The van der Waals surface area contributed by atoms with Crippen LogP contribution in [0.1, 0.15) is 5.69 Å². The average molecular weight is 297 g/mol. The van der Waals surface area contributed by atoms with E-state index in [9.17, 15) is 9.59 Å². The SMILES string of the molecule is O=C(O)[C@@H]1CSCN1C(=O)Cc1cn2ccsc2n1. The molecule has 8 heteroatoms.